The van der Waals surface area contributed by atoms with E-state index in [0.717, 1.165) is 5.02 Å². The molecule has 0 aromatic heterocycles. The maximum Gasteiger partial charge on any atom is 0.0922 e. The van der Waals surface area contributed by atoms with Crippen LogP contribution >= 0.6 is 11.6 Å². The van der Waals surface area contributed by atoms with E-state index in [1.54, 1.807) is 0 Å². The van der Waals surface area contributed by atoms with Crippen molar-refractivity contribution in [3.63, 3.8) is 0 Å². The van der Waals surface area contributed by atoms with Crippen molar-refractivity contribution in [3.05, 3.63) is 41.1 Å². The van der Waals surface area contributed by atoms with Crippen molar-refractivity contribution in [3.8, 4) is 0 Å². The summed E-state index contributed by atoms with van der Waals surface area (Å²) in [4.78, 5) is 0. The van der Waals surface area contributed by atoms with Gasteiger partial charge < -0.3 is 4.74 Å². The summed E-state index contributed by atoms with van der Waals surface area (Å²) < 4.78 is 5.59. The molecule has 0 bridgehead atoms. The van der Waals surface area contributed by atoms with Crippen LogP contribution in [0.3, 0.4) is 0 Å². The molecule has 1 saturated carbocycles. The molecule has 0 aliphatic heterocycles. The number of hydrogen-bond donors (Lipinski definition) is 0. The lowest BCUT2D eigenvalue weighted by molar-refractivity contribution is 0.180. The largest absolute Gasteiger partial charge is 0.498 e. The first-order chi connectivity index (χ1) is 7.66. The quantitative estimate of drug-likeness (QED) is 0.699. The van der Waals surface area contributed by atoms with Crippen LogP contribution in [-0.4, -0.2) is 6.10 Å². The zero-order valence-corrected chi connectivity index (χ0v) is 10.5. The number of allylic oxidation sites excluding steroid dienone is 1. The topological polar surface area (TPSA) is 9.23 Å². The molecule has 0 spiro atoms. The lowest BCUT2D eigenvalue weighted by Crippen LogP contribution is -1.97. The number of halogens is 1. The molecule has 2 rings (SSSR count). The molecule has 16 heavy (non-hydrogen) atoms. The van der Waals surface area contributed by atoms with Crippen LogP contribution in [0.25, 0.3) is 5.57 Å². The second-order valence-electron chi connectivity index (χ2n) is 4.54. The second-order valence-corrected chi connectivity index (χ2v) is 4.98. The minimum atomic E-state index is 0.237. The lowest BCUT2D eigenvalue weighted by Gasteiger charge is -2.10. The summed E-state index contributed by atoms with van der Waals surface area (Å²) in [6, 6.07) is 8.00. The summed E-state index contributed by atoms with van der Waals surface area (Å²) in [5.74, 6) is 0.680. The first-order valence-electron chi connectivity index (χ1n) is 5.78. The lowest BCUT2D eigenvalue weighted by atomic mass is 10.0. The van der Waals surface area contributed by atoms with Crippen LogP contribution in [0.5, 0.6) is 0 Å². The molecule has 0 unspecified atom stereocenters. The zero-order valence-electron chi connectivity index (χ0n) is 9.74. The van der Waals surface area contributed by atoms with Crippen LogP contribution in [0.1, 0.15) is 32.3 Å². The van der Waals surface area contributed by atoms with Crippen molar-refractivity contribution in [2.24, 2.45) is 5.92 Å². The van der Waals surface area contributed by atoms with Gasteiger partial charge in [0.05, 0.1) is 12.4 Å². The van der Waals surface area contributed by atoms with Crippen LogP contribution < -0.4 is 0 Å². The number of rotatable bonds is 4. The molecule has 0 saturated heterocycles. The Hall–Kier alpha value is -0.950. The standard InChI is InChI=1S/C14H17ClO/c1-10(2)16-9-14(11-3-4-11)12-5-7-13(15)8-6-12/h5-11H,3-4H2,1-2H3/b14-9+. The van der Waals surface area contributed by atoms with Crippen LogP contribution in [0.15, 0.2) is 30.5 Å². The Morgan fingerprint density at radius 1 is 1.31 bits per heavy atom. The van der Waals surface area contributed by atoms with Gasteiger partial charge in [0.25, 0.3) is 0 Å². The van der Waals surface area contributed by atoms with Gasteiger partial charge in [0.2, 0.25) is 0 Å². The van der Waals surface area contributed by atoms with Crippen molar-refractivity contribution >= 4 is 17.2 Å². The number of benzene rings is 1. The van der Waals surface area contributed by atoms with Gasteiger partial charge in [-0.3, -0.25) is 0 Å². The smallest absolute Gasteiger partial charge is 0.0922 e. The minimum absolute atomic E-state index is 0.237. The Labute approximate surface area is 102 Å². The van der Waals surface area contributed by atoms with E-state index in [-0.39, 0.29) is 6.10 Å². The number of ether oxygens (including phenoxy) is 1. The van der Waals surface area contributed by atoms with Crippen LogP contribution in [0.4, 0.5) is 0 Å². The van der Waals surface area contributed by atoms with Gasteiger partial charge in [-0.25, -0.2) is 0 Å². The van der Waals surface area contributed by atoms with E-state index in [0.29, 0.717) is 5.92 Å². The predicted octanol–water partition coefficient (Wildman–Crippen LogP) is 4.52. The van der Waals surface area contributed by atoms with Gasteiger partial charge in [-0.1, -0.05) is 23.7 Å². The molecule has 1 aromatic rings. The average molecular weight is 237 g/mol. The Morgan fingerprint density at radius 2 is 1.94 bits per heavy atom. The van der Waals surface area contributed by atoms with Crippen molar-refractivity contribution in [1.82, 2.24) is 0 Å². The first kappa shape index (κ1) is 11.5. The fourth-order valence-corrected chi connectivity index (χ4v) is 1.77. The van der Waals surface area contributed by atoms with Crippen molar-refractivity contribution in [1.29, 1.82) is 0 Å². The van der Waals surface area contributed by atoms with Crippen molar-refractivity contribution in [2.45, 2.75) is 32.8 Å². The average Bonchev–Trinajstić information content (AvgIpc) is 3.04. The molecule has 0 amide bonds. The molecule has 0 radical (unpaired) electrons. The van der Waals surface area contributed by atoms with Gasteiger partial charge in [0, 0.05) is 5.02 Å². The van der Waals surface area contributed by atoms with E-state index < -0.39 is 0 Å². The van der Waals surface area contributed by atoms with Gasteiger partial charge in [-0.2, -0.15) is 0 Å². The summed E-state index contributed by atoms with van der Waals surface area (Å²) in [6.45, 7) is 4.09. The van der Waals surface area contributed by atoms with Crippen LogP contribution in [0, 0.1) is 5.92 Å². The maximum atomic E-state index is 5.89. The number of hydrogen-bond acceptors (Lipinski definition) is 1. The maximum absolute atomic E-state index is 5.89. The molecular formula is C14H17ClO. The summed E-state index contributed by atoms with van der Waals surface area (Å²) in [5, 5.41) is 0.781. The molecule has 1 aromatic carbocycles. The molecule has 0 atom stereocenters. The van der Waals surface area contributed by atoms with Gasteiger partial charge in [0.15, 0.2) is 0 Å². The SMILES string of the molecule is CC(C)O/C=C(/c1ccc(Cl)cc1)C1CC1. The molecule has 2 heteroatoms. The third-order valence-corrected chi connectivity index (χ3v) is 2.91. The molecule has 1 aliphatic carbocycles. The van der Waals surface area contributed by atoms with Crippen LogP contribution in [-0.2, 0) is 4.74 Å². The fourth-order valence-electron chi connectivity index (χ4n) is 1.65. The van der Waals surface area contributed by atoms with E-state index in [2.05, 4.69) is 12.1 Å². The molecule has 1 nitrogen and oxygen atoms in total. The molecule has 0 N–H and O–H groups in total. The highest BCUT2D eigenvalue weighted by Gasteiger charge is 2.27. The molecule has 0 heterocycles. The molecular weight excluding hydrogens is 220 g/mol. The predicted molar refractivity (Wildman–Crippen MR) is 68.4 cm³/mol. The third-order valence-electron chi connectivity index (χ3n) is 2.66. The summed E-state index contributed by atoms with van der Waals surface area (Å²) in [7, 11) is 0. The summed E-state index contributed by atoms with van der Waals surface area (Å²) >= 11 is 5.89. The fraction of sp³-hybridized carbons (Fsp3) is 0.429. The van der Waals surface area contributed by atoms with E-state index in [1.807, 2.05) is 32.2 Å². The van der Waals surface area contributed by atoms with Gasteiger partial charge in [-0.05, 0) is 55.9 Å². The zero-order chi connectivity index (χ0) is 11.5. The third kappa shape index (κ3) is 3.02. The van der Waals surface area contributed by atoms with E-state index in [9.17, 15) is 0 Å². The van der Waals surface area contributed by atoms with Crippen molar-refractivity contribution < 1.29 is 4.74 Å². The summed E-state index contributed by atoms with van der Waals surface area (Å²) in [6.07, 6.45) is 4.71. The van der Waals surface area contributed by atoms with Crippen LogP contribution in [0.2, 0.25) is 5.02 Å². The van der Waals surface area contributed by atoms with Crippen molar-refractivity contribution in [2.75, 3.05) is 0 Å². The molecule has 1 aliphatic rings. The van der Waals surface area contributed by atoms with Gasteiger partial charge in [-0.15, -0.1) is 0 Å². The Kier molecular flexibility index (Phi) is 3.55. The first-order valence-corrected chi connectivity index (χ1v) is 6.16. The highest BCUT2D eigenvalue weighted by Crippen LogP contribution is 2.42. The Morgan fingerprint density at radius 3 is 2.44 bits per heavy atom. The normalized spacial score (nSPS) is 16.6. The Bertz CT molecular complexity index is 374. The highest BCUT2D eigenvalue weighted by atomic mass is 35.5. The van der Waals surface area contributed by atoms with E-state index >= 15 is 0 Å². The summed E-state index contributed by atoms with van der Waals surface area (Å²) in [5.41, 5.74) is 2.54. The Balaban J connectivity index is 2.18. The van der Waals surface area contributed by atoms with E-state index in [1.165, 1.54) is 24.0 Å². The minimum Gasteiger partial charge on any atom is -0.498 e. The monoisotopic (exact) mass is 236 g/mol. The highest BCUT2D eigenvalue weighted by molar-refractivity contribution is 6.30. The van der Waals surface area contributed by atoms with E-state index in [4.69, 9.17) is 16.3 Å². The molecule has 86 valence electrons. The second kappa shape index (κ2) is 4.92. The molecule has 1 fully saturated rings. The van der Waals surface area contributed by atoms with Gasteiger partial charge in [0.1, 0.15) is 0 Å². The van der Waals surface area contributed by atoms with Gasteiger partial charge >= 0.3 is 0 Å².